The molecule has 0 unspecified atom stereocenters. The minimum absolute atomic E-state index is 0.315. The Bertz CT molecular complexity index is 472. The first-order chi connectivity index (χ1) is 9.87. The summed E-state index contributed by atoms with van der Waals surface area (Å²) >= 11 is 1.38. The zero-order valence-electron chi connectivity index (χ0n) is 12.6. The van der Waals surface area contributed by atoms with Crippen molar-refractivity contribution in [3.63, 3.8) is 0 Å². The SMILES string of the molecule is CC(C)(C)OC(=O)NCCN=C(N)NSc1ccccc1. The van der Waals surface area contributed by atoms with Crippen LogP contribution in [0.2, 0.25) is 0 Å². The van der Waals surface area contributed by atoms with Crippen LogP contribution >= 0.6 is 11.9 Å². The van der Waals surface area contributed by atoms with Crippen LogP contribution in [0.15, 0.2) is 40.2 Å². The van der Waals surface area contributed by atoms with E-state index in [1.165, 1.54) is 11.9 Å². The van der Waals surface area contributed by atoms with Gasteiger partial charge >= 0.3 is 6.09 Å². The van der Waals surface area contributed by atoms with E-state index in [4.69, 9.17) is 10.5 Å². The molecule has 0 bridgehead atoms. The molecule has 0 heterocycles. The highest BCUT2D eigenvalue weighted by molar-refractivity contribution is 7.98. The van der Waals surface area contributed by atoms with Gasteiger partial charge in [0.15, 0.2) is 5.96 Å². The van der Waals surface area contributed by atoms with Crippen molar-refractivity contribution in [3.8, 4) is 0 Å². The van der Waals surface area contributed by atoms with Gasteiger partial charge in [-0.1, -0.05) is 18.2 Å². The number of hydrogen-bond acceptors (Lipinski definition) is 4. The Balaban J connectivity index is 2.19. The van der Waals surface area contributed by atoms with Crippen molar-refractivity contribution in [1.29, 1.82) is 0 Å². The molecule has 0 aliphatic rings. The zero-order chi connectivity index (χ0) is 15.7. The van der Waals surface area contributed by atoms with Crippen LogP contribution < -0.4 is 15.8 Å². The predicted molar refractivity (Wildman–Crippen MR) is 86.2 cm³/mol. The van der Waals surface area contributed by atoms with Gasteiger partial charge in [-0.15, -0.1) is 0 Å². The van der Waals surface area contributed by atoms with Crippen molar-refractivity contribution in [1.82, 2.24) is 10.0 Å². The Morgan fingerprint density at radius 3 is 2.62 bits per heavy atom. The van der Waals surface area contributed by atoms with Crippen LogP contribution in [0.25, 0.3) is 0 Å². The second-order valence-corrected chi connectivity index (χ2v) is 6.09. The number of guanidine groups is 1. The van der Waals surface area contributed by atoms with E-state index >= 15 is 0 Å². The fraction of sp³-hybridized carbons (Fsp3) is 0.429. The van der Waals surface area contributed by atoms with E-state index in [2.05, 4.69) is 15.0 Å². The van der Waals surface area contributed by atoms with Crippen molar-refractivity contribution in [2.45, 2.75) is 31.3 Å². The van der Waals surface area contributed by atoms with Gasteiger partial charge < -0.3 is 15.8 Å². The standard InChI is InChI=1S/C14H22N4O2S/c1-14(2,3)20-13(19)17-10-9-16-12(15)18-21-11-7-5-4-6-8-11/h4-8H,9-10H2,1-3H3,(H,17,19)(H3,15,16,18). The first kappa shape index (κ1) is 17.2. The topological polar surface area (TPSA) is 88.7 Å². The highest BCUT2D eigenvalue weighted by Gasteiger charge is 2.15. The molecule has 116 valence electrons. The molecule has 0 aliphatic heterocycles. The fourth-order valence-electron chi connectivity index (χ4n) is 1.28. The van der Waals surface area contributed by atoms with Gasteiger partial charge in [0.25, 0.3) is 0 Å². The number of rotatable bonds is 5. The van der Waals surface area contributed by atoms with Crippen molar-refractivity contribution in [3.05, 3.63) is 30.3 Å². The summed E-state index contributed by atoms with van der Waals surface area (Å²) in [5.41, 5.74) is 5.21. The summed E-state index contributed by atoms with van der Waals surface area (Å²) in [6, 6.07) is 9.78. The number of benzene rings is 1. The lowest BCUT2D eigenvalue weighted by Gasteiger charge is -2.19. The monoisotopic (exact) mass is 310 g/mol. The number of carbonyl (C=O) groups excluding carboxylic acids is 1. The van der Waals surface area contributed by atoms with Crippen LogP contribution in [0.5, 0.6) is 0 Å². The largest absolute Gasteiger partial charge is 0.444 e. The lowest BCUT2D eigenvalue weighted by molar-refractivity contribution is 0.0529. The van der Waals surface area contributed by atoms with E-state index in [1.807, 2.05) is 51.1 Å². The Morgan fingerprint density at radius 2 is 2.00 bits per heavy atom. The Morgan fingerprint density at radius 1 is 1.33 bits per heavy atom. The first-order valence-electron chi connectivity index (χ1n) is 6.61. The Kier molecular flexibility index (Phi) is 6.87. The van der Waals surface area contributed by atoms with E-state index in [9.17, 15) is 4.79 Å². The summed E-state index contributed by atoms with van der Waals surface area (Å²) < 4.78 is 8.03. The van der Waals surface area contributed by atoms with Crippen LogP contribution in [0.3, 0.4) is 0 Å². The number of aliphatic imine (C=N–C) groups is 1. The summed E-state index contributed by atoms with van der Waals surface area (Å²) in [7, 11) is 0. The number of alkyl carbamates (subject to hydrolysis) is 1. The highest BCUT2D eigenvalue weighted by atomic mass is 32.2. The molecule has 0 saturated carbocycles. The zero-order valence-corrected chi connectivity index (χ0v) is 13.4. The Labute approximate surface area is 129 Å². The molecule has 0 spiro atoms. The molecule has 0 saturated heterocycles. The molecule has 4 N–H and O–H groups in total. The second-order valence-electron chi connectivity index (χ2n) is 5.21. The van der Waals surface area contributed by atoms with Gasteiger partial charge in [0.05, 0.1) is 6.54 Å². The summed E-state index contributed by atoms with van der Waals surface area (Å²) in [6.45, 7) is 6.19. The lowest BCUT2D eigenvalue weighted by atomic mass is 10.2. The lowest BCUT2D eigenvalue weighted by Crippen LogP contribution is -2.34. The second kappa shape index (κ2) is 8.41. The van der Waals surface area contributed by atoms with Crippen molar-refractivity contribution in [2.24, 2.45) is 10.7 Å². The number of amides is 1. The van der Waals surface area contributed by atoms with Gasteiger partial charge in [-0.3, -0.25) is 9.71 Å². The Hall–Kier alpha value is -1.89. The molecule has 1 amide bonds. The van der Waals surface area contributed by atoms with Crippen LogP contribution in [0.4, 0.5) is 4.79 Å². The summed E-state index contributed by atoms with van der Waals surface area (Å²) in [5, 5.41) is 2.61. The molecule has 7 heteroatoms. The number of carbonyl (C=O) groups is 1. The molecule has 0 fully saturated rings. The third-order valence-electron chi connectivity index (χ3n) is 2.08. The molecule has 0 radical (unpaired) electrons. The smallest absolute Gasteiger partial charge is 0.407 e. The molecule has 21 heavy (non-hydrogen) atoms. The maximum atomic E-state index is 11.4. The van der Waals surface area contributed by atoms with Gasteiger partial charge in [-0.25, -0.2) is 4.79 Å². The van der Waals surface area contributed by atoms with Crippen molar-refractivity contribution in [2.75, 3.05) is 13.1 Å². The normalized spacial score (nSPS) is 11.9. The van der Waals surface area contributed by atoms with E-state index in [0.717, 1.165) is 4.90 Å². The number of hydrogen-bond donors (Lipinski definition) is 3. The number of nitrogens with two attached hydrogens (primary N) is 1. The van der Waals surface area contributed by atoms with Crippen LogP contribution in [-0.4, -0.2) is 30.7 Å². The number of nitrogens with zero attached hydrogens (tertiary/aromatic N) is 1. The molecule has 0 aromatic heterocycles. The van der Waals surface area contributed by atoms with Gasteiger partial charge in [0.1, 0.15) is 5.60 Å². The van der Waals surface area contributed by atoms with E-state index < -0.39 is 11.7 Å². The minimum Gasteiger partial charge on any atom is -0.444 e. The summed E-state index contributed by atoms with van der Waals surface area (Å²) in [6.07, 6.45) is -0.456. The molecule has 1 aromatic carbocycles. The minimum atomic E-state index is -0.500. The maximum Gasteiger partial charge on any atom is 0.407 e. The molecule has 6 nitrogen and oxygen atoms in total. The molecule has 0 aliphatic carbocycles. The van der Waals surface area contributed by atoms with Crippen LogP contribution in [0, 0.1) is 0 Å². The molecule has 1 rings (SSSR count). The molecular formula is C14H22N4O2S. The highest BCUT2D eigenvalue weighted by Crippen LogP contribution is 2.12. The molecule has 0 atom stereocenters. The average molecular weight is 310 g/mol. The third-order valence-corrected chi connectivity index (χ3v) is 2.90. The van der Waals surface area contributed by atoms with Gasteiger partial charge in [0, 0.05) is 11.4 Å². The average Bonchev–Trinajstić information content (AvgIpc) is 2.40. The van der Waals surface area contributed by atoms with Crippen molar-refractivity contribution >= 4 is 24.0 Å². The summed E-state index contributed by atoms with van der Waals surface area (Å²) in [5.74, 6) is 0.315. The van der Waals surface area contributed by atoms with E-state index in [0.29, 0.717) is 19.0 Å². The summed E-state index contributed by atoms with van der Waals surface area (Å²) in [4.78, 5) is 16.5. The van der Waals surface area contributed by atoms with Gasteiger partial charge in [-0.2, -0.15) is 0 Å². The number of nitrogens with one attached hydrogen (secondary N) is 2. The van der Waals surface area contributed by atoms with E-state index in [1.54, 1.807) is 0 Å². The fourth-order valence-corrected chi connectivity index (χ4v) is 1.86. The third kappa shape index (κ3) is 8.80. The van der Waals surface area contributed by atoms with E-state index in [-0.39, 0.29) is 0 Å². The van der Waals surface area contributed by atoms with Crippen molar-refractivity contribution < 1.29 is 9.53 Å². The molecular weight excluding hydrogens is 288 g/mol. The van der Waals surface area contributed by atoms with Crippen LogP contribution in [0.1, 0.15) is 20.8 Å². The maximum absolute atomic E-state index is 11.4. The van der Waals surface area contributed by atoms with Gasteiger partial charge in [0.2, 0.25) is 0 Å². The predicted octanol–water partition coefficient (Wildman–Crippen LogP) is 2.12. The van der Waals surface area contributed by atoms with Gasteiger partial charge in [-0.05, 0) is 44.9 Å². The molecule has 1 aromatic rings. The van der Waals surface area contributed by atoms with Crippen LogP contribution in [-0.2, 0) is 4.74 Å². The quantitative estimate of drug-likeness (QED) is 0.335. The first-order valence-corrected chi connectivity index (χ1v) is 7.43. The number of ether oxygens (including phenoxy) is 1.